The third kappa shape index (κ3) is 2.18. The molecule has 0 saturated heterocycles. The summed E-state index contributed by atoms with van der Waals surface area (Å²) in [5.74, 6) is 1.28. The smallest absolute Gasteiger partial charge is 0.355 e. The number of aromatic amines is 1. The Kier molecular flexibility index (Phi) is 3.43. The van der Waals surface area contributed by atoms with E-state index in [1.54, 1.807) is 6.07 Å². The van der Waals surface area contributed by atoms with E-state index in [0.717, 1.165) is 12.2 Å². The number of nitrogens with two attached hydrogens (primary N) is 1. The van der Waals surface area contributed by atoms with Gasteiger partial charge >= 0.3 is 5.69 Å². The van der Waals surface area contributed by atoms with E-state index < -0.39 is 0 Å². The molecule has 2 aromatic heterocycles. The molecule has 20 heavy (non-hydrogen) atoms. The van der Waals surface area contributed by atoms with E-state index in [0.29, 0.717) is 24.2 Å². The molecule has 2 aromatic rings. The van der Waals surface area contributed by atoms with Gasteiger partial charge < -0.3 is 10.6 Å². The molecule has 1 saturated carbocycles. The second-order valence-electron chi connectivity index (χ2n) is 5.45. The van der Waals surface area contributed by atoms with Crippen molar-refractivity contribution >= 4 is 11.5 Å². The van der Waals surface area contributed by atoms with Gasteiger partial charge in [-0.1, -0.05) is 12.8 Å². The van der Waals surface area contributed by atoms with Crippen molar-refractivity contribution < 1.29 is 0 Å². The van der Waals surface area contributed by atoms with Gasteiger partial charge in [0.1, 0.15) is 5.82 Å². The average molecular weight is 276 g/mol. The minimum absolute atomic E-state index is 0.311. The summed E-state index contributed by atoms with van der Waals surface area (Å²) in [4.78, 5) is 13.7. The second-order valence-corrected chi connectivity index (χ2v) is 5.45. The van der Waals surface area contributed by atoms with Gasteiger partial charge in [0.2, 0.25) is 0 Å². The molecule has 1 aliphatic carbocycles. The van der Waals surface area contributed by atoms with Crippen LogP contribution in [0.5, 0.6) is 0 Å². The normalized spacial score (nSPS) is 23.1. The first-order chi connectivity index (χ1) is 9.70. The van der Waals surface area contributed by atoms with Crippen molar-refractivity contribution in [2.75, 3.05) is 18.5 Å². The predicted octanol–water partition coefficient (Wildman–Crippen LogP) is 0.371. The van der Waals surface area contributed by atoms with Crippen LogP contribution in [0.1, 0.15) is 25.7 Å². The van der Waals surface area contributed by atoms with Gasteiger partial charge in [0, 0.05) is 13.1 Å². The molecule has 7 heteroatoms. The first kappa shape index (κ1) is 13.1. The lowest BCUT2D eigenvalue weighted by atomic mass is 9.84. The first-order valence-electron chi connectivity index (χ1n) is 7.08. The van der Waals surface area contributed by atoms with Crippen molar-refractivity contribution in [3.63, 3.8) is 0 Å². The number of fused-ring (bicyclic) bond motifs is 1. The van der Waals surface area contributed by atoms with Crippen LogP contribution in [-0.2, 0) is 0 Å². The van der Waals surface area contributed by atoms with E-state index in [-0.39, 0.29) is 5.69 Å². The predicted molar refractivity (Wildman–Crippen MR) is 76.8 cm³/mol. The van der Waals surface area contributed by atoms with Crippen molar-refractivity contribution in [1.29, 1.82) is 0 Å². The molecular weight excluding hydrogens is 256 g/mol. The highest BCUT2D eigenvalue weighted by atomic mass is 16.2. The molecule has 0 bridgehead atoms. The number of H-pyrrole nitrogens is 1. The molecule has 7 nitrogen and oxygen atoms in total. The van der Waals surface area contributed by atoms with Crippen LogP contribution < -0.4 is 16.3 Å². The Morgan fingerprint density at radius 1 is 1.45 bits per heavy atom. The second kappa shape index (κ2) is 5.24. The van der Waals surface area contributed by atoms with Gasteiger partial charge in [-0.2, -0.15) is 9.61 Å². The Morgan fingerprint density at radius 2 is 2.25 bits per heavy atom. The zero-order valence-electron chi connectivity index (χ0n) is 11.6. The molecule has 3 N–H and O–H groups in total. The van der Waals surface area contributed by atoms with Crippen molar-refractivity contribution in [1.82, 2.24) is 19.8 Å². The summed E-state index contributed by atoms with van der Waals surface area (Å²) in [6.07, 6.45) is 4.76. The summed E-state index contributed by atoms with van der Waals surface area (Å²) in [5, 5.41) is 10.7. The molecule has 2 heterocycles. The SMILES string of the molecule is CN(c1ccc2n[nH]c(=O)n2n1)C1CCCCC1CN. The number of nitrogens with zero attached hydrogens (tertiary/aromatic N) is 4. The maximum absolute atomic E-state index is 11.6. The molecule has 2 unspecified atom stereocenters. The van der Waals surface area contributed by atoms with Gasteiger partial charge in [0.15, 0.2) is 5.65 Å². The number of nitrogens with one attached hydrogen (secondary N) is 1. The summed E-state index contributed by atoms with van der Waals surface area (Å²) < 4.78 is 1.30. The maximum atomic E-state index is 11.6. The first-order valence-corrected chi connectivity index (χ1v) is 7.08. The highest BCUT2D eigenvalue weighted by Gasteiger charge is 2.28. The Morgan fingerprint density at radius 3 is 3.05 bits per heavy atom. The van der Waals surface area contributed by atoms with Gasteiger partial charge in [0.25, 0.3) is 0 Å². The van der Waals surface area contributed by atoms with Gasteiger partial charge in [-0.3, -0.25) is 0 Å². The van der Waals surface area contributed by atoms with Gasteiger partial charge in [-0.25, -0.2) is 9.89 Å². The Labute approximate surface area is 116 Å². The summed E-state index contributed by atoms with van der Waals surface area (Å²) in [6, 6.07) is 4.09. The zero-order chi connectivity index (χ0) is 14.1. The van der Waals surface area contributed by atoms with Crippen molar-refractivity contribution in [2.24, 2.45) is 11.7 Å². The molecule has 0 aromatic carbocycles. The van der Waals surface area contributed by atoms with Crippen molar-refractivity contribution in [3.05, 3.63) is 22.6 Å². The van der Waals surface area contributed by atoms with E-state index in [1.165, 1.54) is 23.8 Å². The number of aromatic nitrogens is 4. The molecule has 2 atom stereocenters. The van der Waals surface area contributed by atoms with Gasteiger partial charge in [0.05, 0.1) is 0 Å². The summed E-state index contributed by atoms with van der Waals surface area (Å²) in [6.45, 7) is 0.697. The van der Waals surface area contributed by atoms with Crippen LogP contribution in [0.2, 0.25) is 0 Å². The molecule has 108 valence electrons. The highest BCUT2D eigenvalue weighted by molar-refractivity contribution is 5.45. The van der Waals surface area contributed by atoms with Crippen molar-refractivity contribution in [2.45, 2.75) is 31.7 Å². The standard InChI is InChI=1S/C13H20N6O/c1-18(10-5-3-2-4-9(10)8-14)12-7-6-11-15-16-13(20)19(11)17-12/h6-7,9-10H,2-5,8,14H2,1H3,(H,16,20). The Bertz CT molecular complexity index is 648. The number of hydrogen-bond acceptors (Lipinski definition) is 5. The van der Waals surface area contributed by atoms with Crippen LogP contribution in [-0.4, -0.2) is 39.4 Å². The number of hydrogen-bond donors (Lipinski definition) is 2. The van der Waals surface area contributed by atoms with Crippen LogP contribution in [0.3, 0.4) is 0 Å². The maximum Gasteiger partial charge on any atom is 0.364 e. The molecule has 3 rings (SSSR count). The fraction of sp³-hybridized carbons (Fsp3) is 0.615. The van der Waals surface area contributed by atoms with Crippen LogP contribution in [0.25, 0.3) is 5.65 Å². The third-order valence-corrected chi connectivity index (χ3v) is 4.29. The van der Waals surface area contributed by atoms with E-state index in [2.05, 4.69) is 20.2 Å². The van der Waals surface area contributed by atoms with Gasteiger partial charge in [-0.05, 0) is 37.4 Å². The Balaban J connectivity index is 1.92. The minimum atomic E-state index is -0.311. The molecule has 0 spiro atoms. The molecule has 0 radical (unpaired) electrons. The Hall–Kier alpha value is -1.89. The summed E-state index contributed by atoms with van der Waals surface area (Å²) in [5.41, 5.74) is 6.11. The molecule has 1 aliphatic rings. The van der Waals surface area contributed by atoms with Gasteiger partial charge in [-0.15, -0.1) is 5.10 Å². The lowest BCUT2D eigenvalue weighted by Crippen LogP contribution is -2.43. The van der Waals surface area contributed by atoms with Crippen LogP contribution in [0.4, 0.5) is 5.82 Å². The van der Waals surface area contributed by atoms with E-state index in [1.807, 2.05) is 13.1 Å². The average Bonchev–Trinajstić information content (AvgIpc) is 2.87. The van der Waals surface area contributed by atoms with E-state index in [4.69, 9.17) is 5.73 Å². The fourth-order valence-electron chi connectivity index (χ4n) is 3.12. The highest BCUT2D eigenvalue weighted by Crippen LogP contribution is 2.29. The zero-order valence-corrected chi connectivity index (χ0v) is 11.6. The largest absolute Gasteiger partial charge is 0.364 e. The third-order valence-electron chi connectivity index (χ3n) is 4.29. The number of anilines is 1. The minimum Gasteiger partial charge on any atom is -0.355 e. The lowest BCUT2D eigenvalue weighted by Gasteiger charge is -2.38. The summed E-state index contributed by atoms with van der Waals surface area (Å²) >= 11 is 0. The summed E-state index contributed by atoms with van der Waals surface area (Å²) in [7, 11) is 2.03. The topological polar surface area (TPSA) is 92.3 Å². The van der Waals surface area contributed by atoms with Crippen LogP contribution >= 0.6 is 0 Å². The molecule has 0 aliphatic heterocycles. The molecular formula is C13H20N6O. The number of rotatable bonds is 3. The monoisotopic (exact) mass is 276 g/mol. The van der Waals surface area contributed by atoms with Crippen LogP contribution in [0, 0.1) is 5.92 Å². The van der Waals surface area contributed by atoms with E-state index in [9.17, 15) is 4.79 Å². The van der Waals surface area contributed by atoms with Crippen LogP contribution in [0.15, 0.2) is 16.9 Å². The van der Waals surface area contributed by atoms with Crippen molar-refractivity contribution in [3.8, 4) is 0 Å². The fourth-order valence-corrected chi connectivity index (χ4v) is 3.12. The van der Waals surface area contributed by atoms with E-state index >= 15 is 0 Å². The lowest BCUT2D eigenvalue weighted by molar-refractivity contribution is 0.305. The molecule has 0 amide bonds. The quantitative estimate of drug-likeness (QED) is 0.845. The molecule has 1 fully saturated rings.